The summed E-state index contributed by atoms with van der Waals surface area (Å²) in [6, 6.07) is 3.02. The standard InChI is InChI=1S/C23H34F2N2O4S/c1-15(2)32(29,30)14-18-7-9-26(10-8-18)21(28)11-19-5-6-20(23(25)22(19)24)27-12-16(3)31-17(4)13-27/h5-6,15-18H,7-14H2,1-4H3/t16-,17+. The predicted octanol–water partition coefficient (Wildman–Crippen LogP) is 3.18. The van der Waals surface area contributed by atoms with E-state index in [9.17, 15) is 22.0 Å². The van der Waals surface area contributed by atoms with Gasteiger partial charge in [-0.05, 0) is 52.5 Å². The van der Waals surface area contributed by atoms with E-state index in [1.165, 1.54) is 12.1 Å². The summed E-state index contributed by atoms with van der Waals surface area (Å²) in [7, 11) is -3.12. The lowest BCUT2D eigenvalue weighted by molar-refractivity contribution is -0.131. The molecule has 2 fully saturated rings. The quantitative estimate of drug-likeness (QED) is 0.636. The number of rotatable bonds is 6. The van der Waals surface area contributed by atoms with E-state index in [4.69, 9.17) is 4.74 Å². The van der Waals surface area contributed by atoms with Crippen molar-refractivity contribution in [1.29, 1.82) is 0 Å². The summed E-state index contributed by atoms with van der Waals surface area (Å²) >= 11 is 0. The first-order valence-corrected chi connectivity index (χ1v) is 13.1. The van der Waals surface area contributed by atoms with Crippen molar-refractivity contribution in [2.24, 2.45) is 5.92 Å². The van der Waals surface area contributed by atoms with Gasteiger partial charge in [0, 0.05) is 31.7 Å². The summed E-state index contributed by atoms with van der Waals surface area (Å²) in [6.07, 6.45) is 0.817. The number of piperidine rings is 1. The molecule has 1 amide bonds. The number of sulfone groups is 1. The van der Waals surface area contributed by atoms with Crippen molar-refractivity contribution in [3.63, 3.8) is 0 Å². The minimum atomic E-state index is -3.12. The van der Waals surface area contributed by atoms with E-state index in [1.54, 1.807) is 23.6 Å². The highest BCUT2D eigenvalue weighted by atomic mass is 32.2. The molecule has 0 bridgehead atoms. The minimum absolute atomic E-state index is 0.0261. The summed E-state index contributed by atoms with van der Waals surface area (Å²) < 4.78 is 59.5. The van der Waals surface area contributed by atoms with E-state index < -0.39 is 26.7 Å². The van der Waals surface area contributed by atoms with Crippen LogP contribution in [0.1, 0.15) is 46.1 Å². The molecule has 2 aliphatic rings. The van der Waals surface area contributed by atoms with E-state index in [1.807, 2.05) is 13.8 Å². The second kappa shape index (κ2) is 10.0. The topological polar surface area (TPSA) is 66.9 Å². The van der Waals surface area contributed by atoms with Gasteiger partial charge in [-0.2, -0.15) is 0 Å². The molecule has 6 nitrogen and oxygen atoms in total. The van der Waals surface area contributed by atoms with Crippen molar-refractivity contribution in [3.8, 4) is 0 Å². The monoisotopic (exact) mass is 472 g/mol. The molecule has 0 aromatic heterocycles. The van der Waals surface area contributed by atoms with Crippen LogP contribution in [0.4, 0.5) is 14.5 Å². The Labute approximate surface area is 189 Å². The van der Waals surface area contributed by atoms with Gasteiger partial charge < -0.3 is 14.5 Å². The number of nitrogens with zero attached hydrogens (tertiary/aromatic N) is 2. The van der Waals surface area contributed by atoms with Crippen LogP contribution in [-0.2, 0) is 25.8 Å². The fraction of sp³-hybridized carbons (Fsp3) is 0.696. The summed E-state index contributed by atoms with van der Waals surface area (Å²) in [5.41, 5.74) is 0.225. The minimum Gasteiger partial charge on any atom is -0.372 e. The SMILES string of the molecule is CC(C)S(=O)(=O)CC1CCN(C(=O)Cc2ccc(N3C[C@@H](C)O[C@@H](C)C3)c(F)c2F)CC1. The van der Waals surface area contributed by atoms with Crippen LogP contribution in [0.3, 0.4) is 0 Å². The first-order valence-electron chi connectivity index (χ1n) is 11.3. The molecule has 1 aromatic rings. The van der Waals surface area contributed by atoms with Gasteiger partial charge in [0.1, 0.15) is 0 Å². The predicted molar refractivity (Wildman–Crippen MR) is 121 cm³/mol. The third kappa shape index (κ3) is 5.78. The molecule has 0 saturated carbocycles. The van der Waals surface area contributed by atoms with Gasteiger partial charge in [0.2, 0.25) is 5.91 Å². The van der Waals surface area contributed by atoms with Gasteiger partial charge in [-0.1, -0.05) is 6.07 Å². The second-order valence-corrected chi connectivity index (χ2v) is 12.0. The average Bonchev–Trinajstić information content (AvgIpc) is 2.71. The first-order chi connectivity index (χ1) is 15.0. The van der Waals surface area contributed by atoms with Crippen LogP contribution in [0, 0.1) is 17.6 Å². The molecular weight excluding hydrogens is 438 g/mol. The lowest BCUT2D eigenvalue weighted by Crippen LogP contribution is -2.46. The van der Waals surface area contributed by atoms with Gasteiger partial charge in [0.25, 0.3) is 0 Å². The number of anilines is 1. The van der Waals surface area contributed by atoms with Crippen LogP contribution in [0.25, 0.3) is 0 Å². The Kier molecular flexibility index (Phi) is 7.81. The highest BCUT2D eigenvalue weighted by Crippen LogP contribution is 2.28. The number of hydrogen-bond donors (Lipinski definition) is 0. The summed E-state index contributed by atoms with van der Waals surface area (Å²) in [5.74, 6) is -2.03. The molecule has 3 rings (SSSR count). The lowest BCUT2D eigenvalue weighted by Gasteiger charge is -2.37. The molecule has 2 atom stereocenters. The highest BCUT2D eigenvalue weighted by molar-refractivity contribution is 7.91. The smallest absolute Gasteiger partial charge is 0.227 e. The lowest BCUT2D eigenvalue weighted by atomic mass is 9.98. The summed E-state index contributed by atoms with van der Waals surface area (Å²) in [4.78, 5) is 16.1. The molecule has 2 heterocycles. The maximum Gasteiger partial charge on any atom is 0.227 e. The number of morpholine rings is 1. The van der Waals surface area contributed by atoms with Crippen LogP contribution in [0.5, 0.6) is 0 Å². The molecule has 0 N–H and O–H groups in total. The number of likely N-dealkylation sites (tertiary alicyclic amines) is 1. The first kappa shape index (κ1) is 24.9. The van der Waals surface area contributed by atoms with Crippen LogP contribution < -0.4 is 4.90 Å². The summed E-state index contributed by atoms with van der Waals surface area (Å²) in [5, 5.41) is -0.410. The van der Waals surface area contributed by atoms with Crippen LogP contribution in [0.2, 0.25) is 0 Å². The maximum absolute atomic E-state index is 14.8. The Morgan fingerprint density at radius 1 is 1.09 bits per heavy atom. The van der Waals surface area contributed by atoms with Gasteiger partial charge in [-0.15, -0.1) is 0 Å². The molecule has 2 saturated heterocycles. The molecule has 1 aromatic carbocycles. The number of benzene rings is 1. The van der Waals surface area contributed by atoms with E-state index in [2.05, 4.69) is 0 Å². The van der Waals surface area contributed by atoms with Crippen LogP contribution in [-0.4, -0.2) is 68.6 Å². The van der Waals surface area contributed by atoms with E-state index in [0.717, 1.165) is 0 Å². The molecule has 0 unspecified atom stereocenters. The molecule has 32 heavy (non-hydrogen) atoms. The van der Waals surface area contributed by atoms with Crippen molar-refractivity contribution < 1.29 is 26.7 Å². The van der Waals surface area contributed by atoms with Gasteiger partial charge in [0.15, 0.2) is 21.5 Å². The Hall–Kier alpha value is -1.74. The average molecular weight is 473 g/mol. The third-order valence-electron chi connectivity index (χ3n) is 6.40. The Morgan fingerprint density at radius 2 is 1.69 bits per heavy atom. The van der Waals surface area contributed by atoms with Gasteiger partial charge >= 0.3 is 0 Å². The van der Waals surface area contributed by atoms with Crippen molar-refractivity contribution >= 4 is 21.4 Å². The summed E-state index contributed by atoms with van der Waals surface area (Å²) in [6.45, 7) is 8.95. The number of ether oxygens (including phenoxy) is 1. The molecule has 0 spiro atoms. The molecule has 2 aliphatic heterocycles. The van der Waals surface area contributed by atoms with Crippen LogP contribution in [0.15, 0.2) is 12.1 Å². The number of amides is 1. The highest BCUT2D eigenvalue weighted by Gasteiger charge is 2.30. The molecule has 0 aliphatic carbocycles. The largest absolute Gasteiger partial charge is 0.372 e. The van der Waals surface area contributed by atoms with Crippen molar-refractivity contribution in [2.45, 2.75) is 64.4 Å². The van der Waals surface area contributed by atoms with Crippen molar-refractivity contribution in [2.75, 3.05) is 36.8 Å². The van der Waals surface area contributed by atoms with Gasteiger partial charge in [0.05, 0.1) is 35.3 Å². The van der Waals surface area contributed by atoms with Gasteiger partial charge in [-0.25, -0.2) is 17.2 Å². The fourth-order valence-corrected chi connectivity index (χ4v) is 5.85. The van der Waals surface area contributed by atoms with Crippen molar-refractivity contribution in [3.05, 3.63) is 29.3 Å². The number of hydrogen-bond acceptors (Lipinski definition) is 5. The zero-order valence-electron chi connectivity index (χ0n) is 19.3. The second-order valence-electron chi connectivity index (χ2n) is 9.41. The zero-order chi connectivity index (χ0) is 23.6. The number of halogens is 2. The molecule has 0 radical (unpaired) electrons. The Balaban J connectivity index is 1.61. The Bertz CT molecular complexity index is 920. The van der Waals surface area contributed by atoms with E-state index >= 15 is 0 Å². The maximum atomic E-state index is 14.8. The van der Waals surface area contributed by atoms with E-state index in [0.29, 0.717) is 39.0 Å². The zero-order valence-corrected chi connectivity index (χ0v) is 20.1. The molecular formula is C23H34F2N2O4S. The van der Waals surface area contributed by atoms with Crippen LogP contribution >= 0.6 is 0 Å². The number of carbonyl (C=O) groups is 1. The normalized spacial score (nSPS) is 23.1. The van der Waals surface area contributed by atoms with E-state index in [-0.39, 0.29) is 47.5 Å². The third-order valence-corrected chi connectivity index (χ3v) is 8.77. The number of carbonyl (C=O) groups excluding carboxylic acids is 1. The molecule has 9 heteroatoms. The van der Waals surface area contributed by atoms with Gasteiger partial charge in [-0.3, -0.25) is 4.79 Å². The fourth-order valence-electron chi connectivity index (χ4n) is 4.48. The Morgan fingerprint density at radius 3 is 2.25 bits per heavy atom. The molecule has 180 valence electrons. The van der Waals surface area contributed by atoms with Crippen molar-refractivity contribution in [1.82, 2.24) is 4.90 Å².